The molecule has 0 aliphatic carbocycles. The van der Waals surface area contributed by atoms with Crippen LogP contribution in [0.25, 0.3) is 0 Å². The van der Waals surface area contributed by atoms with Crippen LogP contribution in [0.2, 0.25) is 0 Å². The SMILES string of the molecule is COc1ccc(CN2Cc3cccc(C)c3C2)cc1. The van der Waals surface area contributed by atoms with Crippen molar-refractivity contribution in [1.29, 1.82) is 0 Å². The summed E-state index contributed by atoms with van der Waals surface area (Å²) in [6, 6.07) is 15.0. The van der Waals surface area contributed by atoms with E-state index in [1.54, 1.807) is 7.11 Å². The van der Waals surface area contributed by atoms with Gasteiger partial charge in [0.1, 0.15) is 5.75 Å². The summed E-state index contributed by atoms with van der Waals surface area (Å²) in [5.74, 6) is 0.921. The van der Waals surface area contributed by atoms with E-state index in [2.05, 4.69) is 42.2 Å². The molecule has 2 heteroatoms. The molecule has 98 valence electrons. The number of nitrogens with zero attached hydrogens (tertiary/aromatic N) is 1. The zero-order valence-corrected chi connectivity index (χ0v) is 11.5. The lowest BCUT2D eigenvalue weighted by Gasteiger charge is -2.15. The van der Waals surface area contributed by atoms with Gasteiger partial charge in [-0.3, -0.25) is 4.90 Å². The van der Waals surface area contributed by atoms with Gasteiger partial charge in [0.2, 0.25) is 0 Å². The van der Waals surface area contributed by atoms with Crippen LogP contribution in [-0.4, -0.2) is 12.0 Å². The fourth-order valence-electron chi connectivity index (χ4n) is 2.76. The van der Waals surface area contributed by atoms with Crippen molar-refractivity contribution in [3.05, 3.63) is 64.7 Å². The number of ether oxygens (including phenoxy) is 1. The molecule has 19 heavy (non-hydrogen) atoms. The Morgan fingerprint density at radius 2 is 1.84 bits per heavy atom. The van der Waals surface area contributed by atoms with E-state index >= 15 is 0 Å². The summed E-state index contributed by atoms with van der Waals surface area (Å²) in [4.78, 5) is 2.49. The van der Waals surface area contributed by atoms with Gasteiger partial charge in [-0.1, -0.05) is 30.3 Å². The van der Waals surface area contributed by atoms with E-state index in [0.717, 1.165) is 25.4 Å². The van der Waals surface area contributed by atoms with Crippen LogP contribution in [0.4, 0.5) is 0 Å². The van der Waals surface area contributed by atoms with Gasteiger partial charge in [-0.25, -0.2) is 0 Å². The Hall–Kier alpha value is -1.80. The second-order valence-electron chi connectivity index (χ2n) is 5.21. The molecule has 1 heterocycles. The summed E-state index contributed by atoms with van der Waals surface area (Å²) in [6.45, 7) is 5.32. The maximum atomic E-state index is 5.19. The van der Waals surface area contributed by atoms with E-state index in [1.165, 1.54) is 22.3 Å². The van der Waals surface area contributed by atoms with Gasteiger partial charge >= 0.3 is 0 Å². The number of fused-ring (bicyclic) bond motifs is 1. The molecule has 0 bridgehead atoms. The maximum Gasteiger partial charge on any atom is 0.118 e. The number of rotatable bonds is 3. The molecule has 0 N–H and O–H groups in total. The first-order valence-electron chi connectivity index (χ1n) is 6.69. The minimum Gasteiger partial charge on any atom is -0.497 e. The summed E-state index contributed by atoms with van der Waals surface area (Å²) in [5.41, 5.74) is 5.74. The largest absolute Gasteiger partial charge is 0.497 e. The fraction of sp³-hybridized carbons (Fsp3) is 0.294. The number of hydrogen-bond donors (Lipinski definition) is 0. The van der Waals surface area contributed by atoms with Crippen LogP contribution in [-0.2, 0) is 19.6 Å². The van der Waals surface area contributed by atoms with Crippen molar-refractivity contribution < 1.29 is 4.74 Å². The lowest BCUT2D eigenvalue weighted by Crippen LogP contribution is -2.15. The van der Waals surface area contributed by atoms with Gasteiger partial charge in [-0.2, -0.15) is 0 Å². The first kappa shape index (κ1) is 12.2. The lowest BCUT2D eigenvalue weighted by molar-refractivity contribution is 0.275. The van der Waals surface area contributed by atoms with Gasteiger partial charge in [0.15, 0.2) is 0 Å². The van der Waals surface area contributed by atoms with Crippen molar-refractivity contribution >= 4 is 0 Å². The average Bonchev–Trinajstić information content (AvgIpc) is 2.84. The van der Waals surface area contributed by atoms with Crippen molar-refractivity contribution in [2.75, 3.05) is 7.11 Å². The third kappa shape index (κ3) is 2.49. The zero-order valence-electron chi connectivity index (χ0n) is 11.5. The molecular formula is C17H19NO. The molecule has 3 rings (SSSR count). The highest BCUT2D eigenvalue weighted by Crippen LogP contribution is 2.27. The minimum atomic E-state index is 0.921. The number of benzene rings is 2. The predicted octanol–water partition coefficient (Wildman–Crippen LogP) is 3.52. The molecule has 0 unspecified atom stereocenters. The highest BCUT2D eigenvalue weighted by Gasteiger charge is 2.19. The molecule has 0 radical (unpaired) electrons. The van der Waals surface area contributed by atoms with E-state index in [-0.39, 0.29) is 0 Å². The minimum absolute atomic E-state index is 0.921. The molecule has 0 fully saturated rings. The normalized spacial score (nSPS) is 14.4. The fourth-order valence-corrected chi connectivity index (χ4v) is 2.76. The second-order valence-corrected chi connectivity index (χ2v) is 5.21. The summed E-state index contributed by atoms with van der Waals surface area (Å²) < 4.78 is 5.19. The Morgan fingerprint density at radius 1 is 1.05 bits per heavy atom. The first-order valence-corrected chi connectivity index (χ1v) is 6.69. The van der Waals surface area contributed by atoms with E-state index in [4.69, 9.17) is 4.74 Å². The molecule has 0 spiro atoms. The molecule has 2 nitrogen and oxygen atoms in total. The Bertz CT molecular complexity index is 574. The first-order chi connectivity index (χ1) is 9.26. The third-order valence-corrected chi connectivity index (χ3v) is 3.85. The Labute approximate surface area is 114 Å². The summed E-state index contributed by atoms with van der Waals surface area (Å²) in [7, 11) is 1.70. The van der Waals surface area contributed by atoms with Crippen LogP contribution < -0.4 is 4.74 Å². The summed E-state index contributed by atoms with van der Waals surface area (Å²) in [6.07, 6.45) is 0. The Balaban J connectivity index is 1.71. The third-order valence-electron chi connectivity index (χ3n) is 3.85. The van der Waals surface area contributed by atoms with Crippen molar-refractivity contribution in [2.45, 2.75) is 26.6 Å². The van der Waals surface area contributed by atoms with Gasteiger partial charge in [-0.15, -0.1) is 0 Å². The number of hydrogen-bond acceptors (Lipinski definition) is 2. The van der Waals surface area contributed by atoms with Gasteiger partial charge in [-0.05, 0) is 41.3 Å². The van der Waals surface area contributed by atoms with Gasteiger partial charge < -0.3 is 4.74 Å². The van der Waals surface area contributed by atoms with Crippen LogP contribution in [0.5, 0.6) is 5.75 Å². The van der Waals surface area contributed by atoms with E-state index < -0.39 is 0 Å². The Kier molecular flexibility index (Phi) is 3.26. The molecule has 0 atom stereocenters. The lowest BCUT2D eigenvalue weighted by atomic mass is 10.1. The highest BCUT2D eigenvalue weighted by atomic mass is 16.5. The topological polar surface area (TPSA) is 12.5 Å². The Morgan fingerprint density at radius 3 is 2.53 bits per heavy atom. The average molecular weight is 253 g/mol. The molecule has 1 aliphatic heterocycles. The smallest absolute Gasteiger partial charge is 0.118 e. The molecule has 2 aromatic rings. The second kappa shape index (κ2) is 5.06. The van der Waals surface area contributed by atoms with E-state index in [1.807, 2.05) is 12.1 Å². The van der Waals surface area contributed by atoms with Gasteiger partial charge in [0.05, 0.1) is 7.11 Å². The van der Waals surface area contributed by atoms with E-state index in [0.29, 0.717) is 0 Å². The van der Waals surface area contributed by atoms with Crippen LogP contribution in [0.15, 0.2) is 42.5 Å². The van der Waals surface area contributed by atoms with Gasteiger partial charge in [0, 0.05) is 19.6 Å². The van der Waals surface area contributed by atoms with Crippen LogP contribution in [0, 0.1) is 6.92 Å². The summed E-state index contributed by atoms with van der Waals surface area (Å²) in [5, 5.41) is 0. The van der Waals surface area contributed by atoms with Crippen molar-refractivity contribution in [2.24, 2.45) is 0 Å². The van der Waals surface area contributed by atoms with Crippen molar-refractivity contribution in [3.8, 4) is 5.75 Å². The molecule has 0 saturated heterocycles. The molecule has 1 aliphatic rings. The number of aryl methyl sites for hydroxylation is 1. The quantitative estimate of drug-likeness (QED) is 0.830. The van der Waals surface area contributed by atoms with Gasteiger partial charge in [0.25, 0.3) is 0 Å². The standard InChI is InChI=1S/C17H19NO/c1-13-4-3-5-15-11-18(12-17(13)15)10-14-6-8-16(19-2)9-7-14/h3-9H,10-12H2,1-2H3. The monoisotopic (exact) mass is 253 g/mol. The molecule has 0 aromatic heterocycles. The van der Waals surface area contributed by atoms with Crippen LogP contribution in [0.1, 0.15) is 22.3 Å². The van der Waals surface area contributed by atoms with Crippen molar-refractivity contribution in [3.63, 3.8) is 0 Å². The zero-order chi connectivity index (χ0) is 13.2. The molecule has 0 saturated carbocycles. The number of methoxy groups -OCH3 is 1. The maximum absolute atomic E-state index is 5.19. The van der Waals surface area contributed by atoms with Crippen LogP contribution in [0.3, 0.4) is 0 Å². The van der Waals surface area contributed by atoms with Crippen LogP contribution >= 0.6 is 0 Å². The molecule has 0 amide bonds. The highest BCUT2D eigenvalue weighted by molar-refractivity contribution is 5.37. The van der Waals surface area contributed by atoms with E-state index in [9.17, 15) is 0 Å². The molecular weight excluding hydrogens is 234 g/mol. The van der Waals surface area contributed by atoms with Crippen molar-refractivity contribution in [1.82, 2.24) is 4.90 Å². The summed E-state index contributed by atoms with van der Waals surface area (Å²) >= 11 is 0. The molecule has 2 aromatic carbocycles. The predicted molar refractivity (Wildman–Crippen MR) is 77.1 cm³/mol.